The minimum absolute atomic E-state index is 0.624. The Kier molecular flexibility index (Phi) is 3.30. The van der Waals surface area contributed by atoms with Gasteiger partial charge in [-0.3, -0.25) is 0 Å². The number of hydrogen-bond acceptors (Lipinski definition) is 5. The van der Waals surface area contributed by atoms with Crippen molar-refractivity contribution in [1.82, 2.24) is 9.97 Å². The molecule has 3 nitrogen and oxygen atoms in total. The normalized spacial score (nSPS) is 11.2. The molecule has 0 spiro atoms. The molecule has 0 saturated heterocycles. The average molecular weight is 296 g/mol. The quantitative estimate of drug-likeness (QED) is 0.803. The Balaban J connectivity index is 2.05. The molecule has 2 aromatic heterocycles. The fourth-order valence-corrected chi connectivity index (χ4v) is 3.76. The van der Waals surface area contributed by atoms with Gasteiger partial charge in [0.2, 0.25) is 0 Å². The van der Waals surface area contributed by atoms with E-state index >= 15 is 0 Å². The lowest BCUT2D eigenvalue weighted by atomic mass is 10.3. The predicted octanol–water partition coefficient (Wildman–Crippen LogP) is 3.57. The first-order chi connectivity index (χ1) is 8.78. The summed E-state index contributed by atoms with van der Waals surface area (Å²) in [6, 6.07) is 5.76. The summed E-state index contributed by atoms with van der Waals surface area (Å²) in [6.07, 6.45) is 0.816. The molecule has 0 radical (unpaired) electrons. The number of nitrogens with zero attached hydrogens (tertiary/aromatic N) is 2. The second-order valence-corrected chi connectivity index (χ2v) is 6.12. The van der Waals surface area contributed by atoms with Crippen molar-refractivity contribution in [3.8, 4) is 10.7 Å². The lowest BCUT2D eigenvalue weighted by molar-refractivity contribution is 0.954. The first-order valence-corrected chi connectivity index (χ1v) is 7.55. The van der Waals surface area contributed by atoms with Gasteiger partial charge in [0.05, 0.1) is 20.2 Å². The van der Waals surface area contributed by atoms with Crippen LogP contribution in [0.4, 0.5) is 0 Å². The zero-order chi connectivity index (χ0) is 12.5. The summed E-state index contributed by atoms with van der Waals surface area (Å²) >= 11 is 9.35. The van der Waals surface area contributed by atoms with E-state index in [0.717, 1.165) is 37.4 Å². The van der Waals surface area contributed by atoms with Gasteiger partial charge in [-0.1, -0.05) is 17.7 Å². The van der Waals surface area contributed by atoms with Gasteiger partial charge < -0.3 is 5.73 Å². The van der Waals surface area contributed by atoms with Gasteiger partial charge in [0.15, 0.2) is 0 Å². The molecule has 0 aliphatic carbocycles. The molecule has 3 aromatic rings. The van der Waals surface area contributed by atoms with Gasteiger partial charge in [0, 0.05) is 11.8 Å². The van der Waals surface area contributed by atoms with E-state index < -0.39 is 0 Å². The molecular weight excluding hydrogens is 286 g/mol. The molecule has 2 heterocycles. The lowest BCUT2D eigenvalue weighted by Gasteiger charge is -1.88. The van der Waals surface area contributed by atoms with Gasteiger partial charge in [-0.2, -0.15) is 0 Å². The molecule has 0 atom stereocenters. The van der Waals surface area contributed by atoms with E-state index in [1.807, 2.05) is 23.6 Å². The summed E-state index contributed by atoms with van der Waals surface area (Å²) in [5, 5.41) is 4.74. The third kappa shape index (κ3) is 2.14. The van der Waals surface area contributed by atoms with Crippen molar-refractivity contribution in [2.24, 2.45) is 5.73 Å². The van der Waals surface area contributed by atoms with Crippen LogP contribution in [0.2, 0.25) is 5.02 Å². The Hall–Kier alpha value is -1.01. The number of rotatable bonds is 3. The van der Waals surface area contributed by atoms with Crippen LogP contribution in [0.25, 0.3) is 20.9 Å². The third-order valence-electron chi connectivity index (χ3n) is 2.50. The summed E-state index contributed by atoms with van der Waals surface area (Å²) in [6.45, 7) is 0.624. The van der Waals surface area contributed by atoms with Gasteiger partial charge in [0.1, 0.15) is 10.7 Å². The minimum atomic E-state index is 0.624. The number of nitrogens with two attached hydrogens (primary N) is 1. The summed E-state index contributed by atoms with van der Waals surface area (Å²) in [5.41, 5.74) is 7.37. The standard InChI is InChI=1S/C12H10ClN3S2/c13-7-2-1-3-8-11(7)18-12(16-8)9-6-17-10(15-9)4-5-14/h1-3,6H,4-5,14H2. The fourth-order valence-electron chi connectivity index (χ4n) is 1.67. The smallest absolute Gasteiger partial charge is 0.144 e. The molecule has 0 bridgehead atoms. The highest BCUT2D eigenvalue weighted by atomic mass is 35.5. The number of thiazole rings is 2. The second kappa shape index (κ2) is 4.93. The molecule has 0 aliphatic heterocycles. The molecule has 0 amide bonds. The van der Waals surface area contributed by atoms with E-state index in [-0.39, 0.29) is 0 Å². The zero-order valence-electron chi connectivity index (χ0n) is 9.39. The van der Waals surface area contributed by atoms with Crippen LogP contribution in [0.1, 0.15) is 5.01 Å². The first-order valence-electron chi connectivity index (χ1n) is 5.48. The van der Waals surface area contributed by atoms with Gasteiger partial charge in [-0.05, 0) is 18.7 Å². The lowest BCUT2D eigenvalue weighted by Crippen LogP contribution is -2.01. The Morgan fingerprint density at radius 3 is 2.94 bits per heavy atom. The maximum atomic E-state index is 6.15. The van der Waals surface area contributed by atoms with E-state index in [9.17, 15) is 0 Å². The van der Waals surface area contributed by atoms with Crippen molar-refractivity contribution in [2.45, 2.75) is 6.42 Å². The summed E-state index contributed by atoms with van der Waals surface area (Å²) < 4.78 is 1.02. The van der Waals surface area contributed by atoms with E-state index in [0.29, 0.717) is 6.54 Å². The molecule has 2 N–H and O–H groups in total. The largest absolute Gasteiger partial charge is 0.330 e. The van der Waals surface area contributed by atoms with Crippen molar-refractivity contribution in [1.29, 1.82) is 0 Å². The number of fused-ring (bicyclic) bond motifs is 1. The van der Waals surface area contributed by atoms with Crippen LogP contribution < -0.4 is 5.73 Å². The zero-order valence-corrected chi connectivity index (χ0v) is 11.8. The van der Waals surface area contributed by atoms with Crippen LogP contribution in [0.15, 0.2) is 23.6 Å². The van der Waals surface area contributed by atoms with Crippen LogP contribution in [-0.2, 0) is 6.42 Å². The summed E-state index contributed by atoms with van der Waals surface area (Å²) in [4.78, 5) is 9.10. The molecule has 0 unspecified atom stereocenters. The van der Waals surface area contributed by atoms with Gasteiger partial charge >= 0.3 is 0 Å². The highest BCUT2D eigenvalue weighted by Crippen LogP contribution is 2.34. The highest BCUT2D eigenvalue weighted by Gasteiger charge is 2.11. The molecule has 0 fully saturated rings. The van der Waals surface area contributed by atoms with Crippen LogP contribution in [0.3, 0.4) is 0 Å². The van der Waals surface area contributed by atoms with E-state index in [1.54, 1.807) is 22.7 Å². The van der Waals surface area contributed by atoms with E-state index in [4.69, 9.17) is 17.3 Å². The maximum Gasteiger partial charge on any atom is 0.144 e. The molecule has 1 aromatic carbocycles. The Bertz CT molecular complexity index is 690. The topological polar surface area (TPSA) is 51.8 Å². The van der Waals surface area contributed by atoms with Crippen LogP contribution in [0.5, 0.6) is 0 Å². The summed E-state index contributed by atoms with van der Waals surface area (Å²) in [7, 11) is 0. The van der Waals surface area contributed by atoms with Crippen LogP contribution in [-0.4, -0.2) is 16.5 Å². The van der Waals surface area contributed by atoms with Gasteiger partial charge in [-0.15, -0.1) is 22.7 Å². The van der Waals surface area contributed by atoms with Gasteiger partial charge in [0.25, 0.3) is 0 Å². The second-order valence-electron chi connectivity index (χ2n) is 3.77. The summed E-state index contributed by atoms with van der Waals surface area (Å²) in [5.74, 6) is 0. The van der Waals surface area contributed by atoms with Crippen LogP contribution >= 0.6 is 34.3 Å². The number of hydrogen-bond donors (Lipinski definition) is 1. The van der Waals surface area contributed by atoms with E-state index in [2.05, 4.69) is 9.97 Å². The molecule has 92 valence electrons. The monoisotopic (exact) mass is 295 g/mol. The molecular formula is C12H10ClN3S2. The third-order valence-corrected chi connectivity index (χ3v) is 4.96. The number of benzene rings is 1. The van der Waals surface area contributed by atoms with Gasteiger partial charge in [-0.25, -0.2) is 9.97 Å². The highest BCUT2D eigenvalue weighted by molar-refractivity contribution is 7.22. The SMILES string of the molecule is NCCc1nc(-c2nc3cccc(Cl)c3s2)cs1. The molecule has 3 rings (SSSR count). The van der Waals surface area contributed by atoms with Crippen molar-refractivity contribution in [2.75, 3.05) is 6.54 Å². The maximum absolute atomic E-state index is 6.15. The van der Waals surface area contributed by atoms with E-state index in [1.165, 1.54) is 0 Å². The molecule has 18 heavy (non-hydrogen) atoms. The number of aromatic nitrogens is 2. The van der Waals surface area contributed by atoms with Crippen LogP contribution in [0, 0.1) is 0 Å². The predicted molar refractivity (Wildman–Crippen MR) is 78.5 cm³/mol. The number of halogens is 1. The van der Waals surface area contributed by atoms with Crippen molar-refractivity contribution >= 4 is 44.5 Å². The Morgan fingerprint density at radius 1 is 1.28 bits per heavy atom. The fraction of sp³-hybridized carbons (Fsp3) is 0.167. The molecule has 0 saturated carbocycles. The first kappa shape index (κ1) is 12.0. The van der Waals surface area contributed by atoms with Crippen molar-refractivity contribution in [3.05, 3.63) is 33.6 Å². The Labute approximate surface area is 117 Å². The molecule has 0 aliphatic rings. The van der Waals surface area contributed by atoms with Crippen molar-refractivity contribution in [3.63, 3.8) is 0 Å². The average Bonchev–Trinajstić information content (AvgIpc) is 2.96. The molecule has 6 heteroatoms. The van der Waals surface area contributed by atoms with Crippen molar-refractivity contribution < 1.29 is 0 Å². The Morgan fingerprint density at radius 2 is 2.17 bits per heavy atom. The minimum Gasteiger partial charge on any atom is -0.330 e.